The third-order valence-corrected chi connectivity index (χ3v) is 4.81. The number of carbonyl (C=O) groups is 1. The standard InChI is InChI=1S/C21H20N6O2/c1-13-7-8-27(12-15-10-22-14(2)9-23-15)21(29)19(13)20(28)25-17-5-4-6-18-16(17)11-24-26(18)3/h4-11H,12H2,1-3H3,(H,25,28). The van der Waals surface area contributed by atoms with E-state index in [9.17, 15) is 9.59 Å². The van der Waals surface area contributed by atoms with Crippen LogP contribution in [0.2, 0.25) is 0 Å². The molecule has 1 N–H and O–H groups in total. The Morgan fingerprint density at radius 1 is 1.10 bits per heavy atom. The predicted molar refractivity (Wildman–Crippen MR) is 110 cm³/mol. The van der Waals surface area contributed by atoms with E-state index in [0.717, 1.165) is 16.6 Å². The van der Waals surface area contributed by atoms with Gasteiger partial charge in [-0.1, -0.05) is 6.07 Å². The molecule has 0 atom stereocenters. The number of nitrogens with one attached hydrogen (secondary N) is 1. The third kappa shape index (κ3) is 3.52. The van der Waals surface area contributed by atoms with Crippen LogP contribution in [0, 0.1) is 13.8 Å². The molecule has 1 amide bonds. The number of amides is 1. The van der Waals surface area contributed by atoms with E-state index in [-0.39, 0.29) is 17.7 Å². The predicted octanol–water partition coefficient (Wildman–Crippen LogP) is 2.44. The summed E-state index contributed by atoms with van der Waals surface area (Å²) in [5.74, 6) is -0.451. The summed E-state index contributed by atoms with van der Waals surface area (Å²) in [5, 5.41) is 7.90. The van der Waals surface area contributed by atoms with Crippen LogP contribution in [-0.2, 0) is 13.6 Å². The molecule has 8 nitrogen and oxygen atoms in total. The Labute approximate surface area is 166 Å². The zero-order valence-electron chi connectivity index (χ0n) is 16.4. The van der Waals surface area contributed by atoms with Gasteiger partial charge in [-0.2, -0.15) is 5.10 Å². The van der Waals surface area contributed by atoms with Crippen LogP contribution in [0.25, 0.3) is 10.9 Å². The number of hydrogen-bond acceptors (Lipinski definition) is 5. The zero-order chi connectivity index (χ0) is 20.5. The summed E-state index contributed by atoms with van der Waals surface area (Å²) in [5.41, 5.74) is 3.29. The van der Waals surface area contributed by atoms with Crippen LogP contribution in [0.15, 0.2) is 53.8 Å². The average Bonchev–Trinajstić information content (AvgIpc) is 3.08. The average molecular weight is 388 g/mol. The maximum atomic E-state index is 13.0. The molecular weight excluding hydrogens is 368 g/mol. The number of rotatable bonds is 4. The molecule has 3 aromatic heterocycles. The second-order valence-electron chi connectivity index (χ2n) is 6.92. The first kappa shape index (κ1) is 18.5. The van der Waals surface area contributed by atoms with Crippen molar-refractivity contribution < 1.29 is 4.79 Å². The number of aryl methyl sites for hydroxylation is 3. The minimum absolute atomic E-state index is 0.105. The van der Waals surface area contributed by atoms with Crippen molar-refractivity contribution in [3.8, 4) is 0 Å². The summed E-state index contributed by atoms with van der Waals surface area (Å²) >= 11 is 0. The topological polar surface area (TPSA) is 94.7 Å². The van der Waals surface area contributed by atoms with E-state index in [1.807, 2.05) is 26.1 Å². The first-order chi connectivity index (χ1) is 13.9. The van der Waals surface area contributed by atoms with Gasteiger partial charge >= 0.3 is 0 Å². The van der Waals surface area contributed by atoms with E-state index in [1.165, 1.54) is 4.57 Å². The molecule has 0 aliphatic carbocycles. The maximum Gasteiger partial charge on any atom is 0.264 e. The molecule has 0 aliphatic rings. The Kier molecular flexibility index (Phi) is 4.67. The third-order valence-electron chi connectivity index (χ3n) is 4.81. The van der Waals surface area contributed by atoms with Crippen molar-refractivity contribution in [2.45, 2.75) is 20.4 Å². The van der Waals surface area contributed by atoms with Gasteiger partial charge in [-0.3, -0.25) is 24.2 Å². The Balaban J connectivity index is 1.67. The van der Waals surface area contributed by atoms with Crippen LogP contribution in [0.3, 0.4) is 0 Å². The van der Waals surface area contributed by atoms with E-state index >= 15 is 0 Å². The van der Waals surface area contributed by atoms with Gasteiger partial charge in [-0.15, -0.1) is 0 Å². The lowest BCUT2D eigenvalue weighted by atomic mass is 10.1. The van der Waals surface area contributed by atoms with Gasteiger partial charge in [0.15, 0.2) is 0 Å². The molecule has 0 radical (unpaired) electrons. The van der Waals surface area contributed by atoms with Crippen molar-refractivity contribution in [1.82, 2.24) is 24.3 Å². The van der Waals surface area contributed by atoms with Crippen molar-refractivity contribution in [2.24, 2.45) is 7.05 Å². The van der Waals surface area contributed by atoms with E-state index in [4.69, 9.17) is 0 Å². The Morgan fingerprint density at radius 2 is 1.93 bits per heavy atom. The van der Waals surface area contributed by atoms with Gasteiger partial charge < -0.3 is 9.88 Å². The minimum Gasteiger partial charge on any atom is -0.321 e. The van der Waals surface area contributed by atoms with Crippen LogP contribution in [-0.4, -0.2) is 30.2 Å². The van der Waals surface area contributed by atoms with Crippen molar-refractivity contribution >= 4 is 22.5 Å². The van der Waals surface area contributed by atoms with Gasteiger partial charge in [0.25, 0.3) is 11.5 Å². The molecule has 1 aromatic carbocycles. The van der Waals surface area contributed by atoms with E-state index in [1.54, 1.807) is 48.5 Å². The molecule has 8 heteroatoms. The molecule has 3 heterocycles. The molecule has 146 valence electrons. The number of benzene rings is 1. The second-order valence-corrected chi connectivity index (χ2v) is 6.92. The highest BCUT2D eigenvalue weighted by Crippen LogP contribution is 2.23. The number of anilines is 1. The highest BCUT2D eigenvalue weighted by Gasteiger charge is 2.18. The molecule has 0 bridgehead atoms. The van der Waals surface area contributed by atoms with Crippen molar-refractivity contribution in [3.05, 3.63) is 81.9 Å². The van der Waals surface area contributed by atoms with Gasteiger partial charge in [-0.05, 0) is 37.6 Å². The van der Waals surface area contributed by atoms with Crippen LogP contribution in [0.5, 0.6) is 0 Å². The summed E-state index contributed by atoms with van der Waals surface area (Å²) < 4.78 is 3.19. The van der Waals surface area contributed by atoms with Crippen LogP contribution in [0.1, 0.15) is 27.3 Å². The number of pyridine rings is 1. The van der Waals surface area contributed by atoms with E-state index in [2.05, 4.69) is 20.4 Å². The summed E-state index contributed by atoms with van der Waals surface area (Å²) in [7, 11) is 1.84. The molecule has 0 fully saturated rings. The normalized spacial score (nSPS) is 11.0. The Morgan fingerprint density at radius 3 is 2.69 bits per heavy atom. The number of nitrogens with zero attached hydrogens (tertiary/aromatic N) is 5. The molecule has 0 saturated heterocycles. The zero-order valence-corrected chi connectivity index (χ0v) is 16.4. The SMILES string of the molecule is Cc1cnc(Cn2ccc(C)c(C(=O)Nc3cccc4c3cnn4C)c2=O)cn1. The maximum absolute atomic E-state index is 13.0. The summed E-state index contributed by atoms with van der Waals surface area (Å²) in [6, 6.07) is 7.30. The molecule has 0 saturated carbocycles. The van der Waals surface area contributed by atoms with E-state index < -0.39 is 5.91 Å². The first-order valence-electron chi connectivity index (χ1n) is 9.13. The molecule has 4 aromatic rings. The molecule has 0 aliphatic heterocycles. The van der Waals surface area contributed by atoms with Gasteiger partial charge in [0, 0.05) is 24.8 Å². The molecule has 0 unspecified atom stereocenters. The summed E-state index contributed by atoms with van der Waals surface area (Å²) in [6.07, 6.45) is 6.64. The number of fused-ring (bicyclic) bond motifs is 1. The van der Waals surface area contributed by atoms with Crippen molar-refractivity contribution in [2.75, 3.05) is 5.32 Å². The highest BCUT2D eigenvalue weighted by molar-refractivity contribution is 6.09. The van der Waals surface area contributed by atoms with Gasteiger partial charge in [0.2, 0.25) is 0 Å². The smallest absolute Gasteiger partial charge is 0.264 e. The second kappa shape index (κ2) is 7.31. The van der Waals surface area contributed by atoms with E-state index in [0.29, 0.717) is 16.9 Å². The van der Waals surface area contributed by atoms with Crippen molar-refractivity contribution in [3.63, 3.8) is 0 Å². The Bertz CT molecular complexity index is 1270. The fraction of sp³-hybridized carbons (Fsp3) is 0.190. The molecule has 0 spiro atoms. The van der Waals surface area contributed by atoms with Crippen LogP contribution < -0.4 is 10.9 Å². The Hall–Kier alpha value is -3.81. The largest absolute Gasteiger partial charge is 0.321 e. The lowest BCUT2D eigenvalue weighted by Crippen LogP contribution is -2.30. The lowest BCUT2D eigenvalue weighted by molar-refractivity contribution is 0.102. The number of hydrogen-bond donors (Lipinski definition) is 1. The summed E-state index contributed by atoms with van der Waals surface area (Å²) in [4.78, 5) is 34.5. The number of carbonyl (C=O) groups excluding carboxylic acids is 1. The van der Waals surface area contributed by atoms with Crippen molar-refractivity contribution in [1.29, 1.82) is 0 Å². The lowest BCUT2D eigenvalue weighted by Gasteiger charge is -2.11. The van der Waals surface area contributed by atoms with Crippen LogP contribution >= 0.6 is 0 Å². The van der Waals surface area contributed by atoms with Gasteiger partial charge in [0.05, 0.1) is 41.5 Å². The fourth-order valence-electron chi connectivity index (χ4n) is 3.21. The fourth-order valence-corrected chi connectivity index (χ4v) is 3.21. The van der Waals surface area contributed by atoms with Gasteiger partial charge in [0.1, 0.15) is 5.56 Å². The monoisotopic (exact) mass is 388 g/mol. The summed E-state index contributed by atoms with van der Waals surface area (Å²) in [6.45, 7) is 3.84. The molecule has 29 heavy (non-hydrogen) atoms. The number of aromatic nitrogens is 5. The first-order valence-corrected chi connectivity index (χ1v) is 9.13. The minimum atomic E-state index is -0.451. The molecular formula is C21H20N6O2. The van der Waals surface area contributed by atoms with Crippen LogP contribution in [0.4, 0.5) is 5.69 Å². The highest BCUT2D eigenvalue weighted by atomic mass is 16.2. The molecule has 4 rings (SSSR count). The quantitative estimate of drug-likeness (QED) is 0.579. The van der Waals surface area contributed by atoms with Gasteiger partial charge in [-0.25, -0.2) is 0 Å².